The Morgan fingerprint density at radius 3 is 2.61 bits per heavy atom. The van der Waals surface area contributed by atoms with Gasteiger partial charge in [-0.05, 0) is 36.5 Å². The molecule has 0 aromatic heterocycles. The SMILES string of the molecule is COc1cc([C@@H](N)[C@@H](O)C2CCC2)ccc1Cl.Cl. The van der Waals surface area contributed by atoms with Gasteiger partial charge in [0.25, 0.3) is 0 Å². The lowest BCUT2D eigenvalue weighted by Crippen LogP contribution is -2.36. The first-order chi connectivity index (χ1) is 8.13. The molecule has 3 N–H and O–H groups in total. The topological polar surface area (TPSA) is 55.5 Å². The molecular formula is C13H19Cl2NO2. The van der Waals surface area contributed by atoms with E-state index in [-0.39, 0.29) is 18.4 Å². The molecule has 5 heteroatoms. The Morgan fingerprint density at radius 2 is 2.11 bits per heavy atom. The number of rotatable bonds is 4. The normalized spacial score (nSPS) is 18.4. The first-order valence-electron chi connectivity index (χ1n) is 5.90. The van der Waals surface area contributed by atoms with Crippen LogP contribution in [0.4, 0.5) is 0 Å². The Kier molecular flexibility index (Phi) is 5.73. The van der Waals surface area contributed by atoms with E-state index in [1.807, 2.05) is 6.07 Å². The number of aliphatic hydroxyl groups excluding tert-OH is 1. The van der Waals surface area contributed by atoms with Crippen molar-refractivity contribution in [3.05, 3.63) is 28.8 Å². The largest absolute Gasteiger partial charge is 0.495 e. The third-order valence-corrected chi connectivity index (χ3v) is 3.87. The number of hydrogen-bond acceptors (Lipinski definition) is 3. The van der Waals surface area contributed by atoms with Crippen molar-refractivity contribution in [2.75, 3.05) is 7.11 Å². The second-order valence-corrected chi connectivity index (χ2v) is 5.01. The summed E-state index contributed by atoms with van der Waals surface area (Å²) >= 11 is 5.95. The lowest BCUT2D eigenvalue weighted by Gasteiger charge is -2.33. The van der Waals surface area contributed by atoms with Gasteiger partial charge in [-0.3, -0.25) is 0 Å². The fourth-order valence-corrected chi connectivity index (χ4v) is 2.35. The van der Waals surface area contributed by atoms with Gasteiger partial charge in [-0.1, -0.05) is 24.1 Å². The second kappa shape index (κ2) is 6.62. The van der Waals surface area contributed by atoms with Crippen LogP contribution < -0.4 is 10.5 Å². The zero-order valence-corrected chi connectivity index (χ0v) is 11.9. The molecule has 0 radical (unpaired) electrons. The van der Waals surface area contributed by atoms with Gasteiger partial charge in [0, 0.05) is 0 Å². The van der Waals surface area contributed by atoms with E-state index in [0.29, 0.717) is 16.7 Å². The van der Waals surface area contributed by atoms with Crippen LogP contribution in [0.3, 0.4) is 0 Å². The Labute approximate surface area is 119 Å². The van der Waals surface area contributed by atoms with Crippen LogP contribution in [-0.2, 0) is 0 Å². The summed E-state index contributed by atoms with van der Waals surface area (Å²) < 4.78 is 5.15. The number of aliphatic hydroxyl groups is 1. The highest BCUT2D eigenvalue weighted by molar-refractivity contribution is 6.32. The molecule has 0 unspecified atom stereocenters. The molecule has 1 fully saturated rings. The van der Waals surface area contributed by atoms with Gasteiger partial charge in [-0.15, -0.1) is 12.4 Å². The lowest BCUT2D eigenvalue weighted by molar-refractivity contribution is 0.0413. The molecule has 1 aliphatic carbocycles. The molecule has 1 saturated carbocycles. The van der Waals surface area contributed by atoms with Crippen LogP contribution in [0, 0.1) is 5.92 Å². The fourth-order valence-electron chi connectivity index (χ4n) is 2.16. The van der Waals surface area contributed by atoms with Crippen molar-refractivity contribution in [1.82, 2.24) is 0 Å². The van der Waals surface area contributed by atoms with E-state index in [9.17, 15) is 5.11 Å². The summed E-state index contributed by atoms with van der Waals surface area (Å²) in [5.41, 5.74) is 6.94. The standard InChI is InChI=1S/C13H18ClNO2.ClH/c1-17-11-7-9(5-6-10(11)14)12(15)13(16)8-3-2-4-8;/h5-8,12-13,16H,2-4,15H2,1H3;1H/t12-,13+;/m1./s1. The number of ether oxygens (including phenoxy) is 1. The first-order valence-corrected chi connectivity index (χ1v) is 6.28. The van der Waals surface area contributed by atoms with Crippen molar-refractivity contribution in [2.45, 2.75) is 31.4 Å². The molecular weight excluding hydrogens is 273 g/mol. The van der Waals surface area contributed by atoms with Crippen LogP contribution in [0.5, 0.6) is 5.75 Å². The van der Waals surface area contributed by atoms with Gasteiger partial charge < -0.3 is 15.6 Å². The van der Waals surface area contributed by atoms with E-state index >= 15 is 0 Å². The minimum absolute atomic E-state index is 0. The molecule has 1 aliphatic rings. The summed E-state index contributed by atoms with van der Waals surface area (Å²) in [6.45, 7) is 0. The molecule has 0 spiro atoms. The van der Waals surface area contributed by atoms with Gasteiger partial charge in [-0.2, -0.15) is 0 Å². The molecule has 0 heterocycles. The molecule has 0 bridgehead atoms. The summed E-state index contributed by atoms with van der Waals surface area (Å²) in [4.78, 5) is 0. The minimum atomic E-state index is -0.477. The summed E-state index contributed by atoms with van der Waals surface area (Å²) in [6.07, 6.45) is 2.85. The predicted molar refractivity (Wildman–Crippen MR) is 75.5 cm³/mol. The van der Waals surface area contributed by atoms with Gasteiger partial charge >= 0.3 is 0 Å². The highest BCUT2D eigenvalue weighted by Crippen LogP contribution is 2.35. The first kappa shape index (κ1) is 15.6. The average molecular weight is 292 g/mol. The molecule has 2 rings (SSSR count). The summed E-state index contributed by atoms with van der Waals surface area (Å²) in [5, 5.41) is 10.7. The number of benzene rings is 1. The summed E-state index contributed by atoms with van der Waals surface area (Å²) in [5.74, 6) is 0.937. The van der Waals surface area contributed by atoms with Gasteiger partial charge in [0.2, 0.25) is 0 Å². The highest BCUT2D eigenvalue weighted by atomic mass is 35.5. The Balaban J connectivity index is 0.00000162. The van der Waals surface area contributed by atoms with Gasteiger partial charge in [0.1, 0.15) is 5.75 Å². The lowest BCUT2D eigenvalue weighted by atomic mass is 9.77. The zero-order chi connectivity index (χ0) is 12.4. The van der Waals surface area contributed by atoms with E-state index in [1.165, 1.54) is 6.42 Å². The summed E-state index contributed by atoms with van der Waals surface area (Å²) in [7, 11) is 1.57. The predicted octanol–water partition coefficient (Wildman–Crippen LogP) is 2.93. The number of halogens is 2. The maximum atomic E-state index is 10.1. The Bertz CT molecular complexity index is 397. The summed E-state index contributed by atoms with van der Waals surface area (Å²) in [6, 6.07) is 5.03. The van der Waals surface area contributed by atoms with Crippen LogP contribution in [0.2, 0.25) is 5.02 Å². The van der Waals surface area contributed by atoms with Crippen molar-refractivity contribution < 1.29 is 9.84 Å². The molecule has 1 aromatic rings. The van der Waals surface area contributed by atoms with Crippen LogP contribution in [0.1, 0.15) is 30.9 Å². The second-order valence-electron chi connectivity index (χ2n) is 4.60. The van der Waals surface area contributed by atoms with Crippen molar-refractivity contribution in [2.24, 2.45) is 11.7 Å². The third kappa shape index (κ3) is 3.09. The van der Waals surface area contributed by atoms with Crippen molar-refractivity contribution in [3.8, 4) is 5.75 Å². The molecule has 0 aliphatic heterocycles. The maximum Gasteiger partial charge on any atom is 0.137 e. The van der Waals surface area contributed by atoms with Crippen LogP contribution >= 0.6 is 24.0 Å². The van der Waals surface area contributed by atoms with Gasteiger partial charge in [0.15, 0.2) is 0 Å². The van der Waals surface area contributed by atoms with E-state index in [4.69, 9.17) is 22.1 Å². The Hall–Kier alpha value is -0.480. The van der Waals surface area contributed by atoms with Crippen LogP contribution in [0.15, 0.2) is 18.2 Å². The van der Waals surface area contributed by atoms with Crippen LogP contribution in [0.25, 0.3) is 0 Å². The van der Waals surface area contributed by atoms with E-state index in [1.54, 1.807) is 19.2 Å². The highest BCUT2D eigenvalue weighted by Gasteiger charge is 2.30. The molecule has 0 amide bonds. The molecule has 1 aromatic carbocycles. The number of hydrogen-bond donors (Lipinski definition) is 2. The number of nitrogens with two attached hydrogens (primary N) is 1. The molecule has 3 nitrogen and oxygen atoms in total. The monoisotopic (exact) mass is 291 g/mol. The van der Waals surface area contributed by atoms with Gasteiger partial charge in [0.05, 0.1) is 24.3 Å². The number of methoxy groups -OCH3 is 1. The molecule has 18 heavy (non-hydrogen) atoms. The van der Waals surface area contributed by atoms with Crippen LogP contribution in [-0.4, -0.2) is 18.3 Å². The maximum absolute atomic E-state index is 10.1. The Morgan fingerprint density at radius 1 is 1.44 bits per heavy atom. The average Bonchev–Trinajstić information content (AvgIpc) is 2.26. The van der Waals surface area contributed by atoms with Crippen molar-refractivity contribution >= 4 is 24.0 Å². The molecule has 0 saturated heterocycles. The zero-order valence-electron chi connectivity index (χ0n) is 10.3. The minimum Gasteiger partial charge on any atom is -0.495 e. The van der Waals surface area contributed by atoms with E-state index < -0.39 is 6.10 Å². The van der Waals surface area contributed by atoms with E-state index in [0.717, 1.165) is 18.4 Å². The van der Waals surface area contributed by atoms with Crippen molar-refractivity contribution in [3.63, 3.8) is 0 Å². The smallest absolute Gasteiger partial charge is 0.137 e. The van der Waals surface area contributed by atoms with E-state index in [2.05, 4.69) is 0 Å². The third-order valence-electron chi connectivity index (χ3n) is 3.56. The van der Waals surface area contributed by atoms with Crippen molar-refractivity contribution in [1.29, 1.82) is 0 Å². The quantitative estimate of drug-likeness (QED) is 0.897. The van der Waals surface area contributed by atoms with Gasteiger partial charge in [-0.25, -0.2) is 0 Å². The fraction of sp³-hybridized carbons (Fsp3) is 0.538. The molecule has 102 valence electrons. The molecule has 2 atom stereocenters.